The van der Waals surface area contributed by atoms with Gasteiger partial charge in [0.25, 0.3) is 0 Å². The van der Waals surface area contributed by atoms with E-state index in [9.17, 15) is 4.79 Å². The number of nitrogens with zero attached hydrogens (tertiary/aromatic N) is 6. The quantitative estimate of drug-likeness (QED) is 0.536. The van der Waals surface area contributed by atoms with E-state index in [0.29, 0.717) is 36.7 Å². The van der Waals surface area contributed by atoms with Gasteiger partial charge in [-0.3, -0.25) is 14.2 Å². The van der Waals surface area contributed by atoms with E-state index in [1.807, 2.05) is 24.2 Å². The van der Waals surface area contributed by atoms with Crippen LogP contribution in [0.2, 0.25) is 0 Å². The van der Waals surface area contributed by atoms with Crippen molar-refractivity contribution in [2.45, 2.75) is 57.7 Å². The first kappa shape index (κ1) is 25.1. The Morgan fingerprint density at radius 1 is 1.08 bits per heavy atom. The first-order valence-corrected chi connectivity index (χ1v) is 13.8. The van der Waals surface area contributed by atoms with Crippen molar-refractivity contribution in [3.8, 4) is 11.1 Å². The first-order valence-electron chi connectivity index (χ1n) is 13.8. The topological polar surface area (TPSA) is 83.2 Å². The van der Waals surface area contributed by atoms with Crippen molar-refractivity contribution in [3.05, 3.63) is 47.7 Å². The van der Waals surface area contributed by atoms with Gasteiger partial charge in [0, 0.05) is 69.1 Å². The Balaban J connectivity index is 1.25. The van der Waals surface area contributed by atoms with Crippen molar-refractivity contribution in [1.29, 1.82) is 0 Å². The molecule has 38 heavy (non-hydrogen) atoms. The number of carbonyl (C=O) groups excluding carboxylic acids is 1. The summed E-state index contributed by atoms with van der Waals surface area (Å²) in [6.07, 6.45) is 8.92. The average molecular weight is 521 g/mol. The average Bonchev–Trinajstić information content (AvgIpc) is 3.53. The molecule has 5 heterocycles. The van der Waals surface area contributed by atoms with Gasteiger partial charge in [-0.25, -0.2) is 4.39 Å². The zero-order valence-corrected chi connectivity index (χ0v) is 22.3. The fourth-order valence-electron chi connectivity index (χ4n) is 6.28. The maximum absolute atomic E-state index is 15.2. The number of aromatic nitrogens is 4. The third-order valence-corrected chi connectivity index (χ3v) is 8.46. The second kappa shape index (κ2) is 10.5. The Morgan fingerprint density at radius 3 is 2.55 bits per heavy atom. The van der Waals surface area contributed by atoms with Gasteiger partial charge in [0.2, 0.25) is 5.91 Å². The van der Waals surface area contributed by atoms with Gasteiger partial charge in [0.1, 0.15) is 5.82 Å². The number of benzene rings is 1. The number of aryl methyl sites for hydroxylation is 1. The molecule has 0 atom stereocenters. The van der Waals surface area contributed by atoms with Crippen LogP contribution in [0.4, 0.5) is 15.9 Å². The molecule has 0 radical (unpaired) electrons. The van der Waals surface area contributed by atoms with Crippen LogP contribution in [-0.2, 0) is 24.8 Å². The summed E-state index contributed by atoms with van der Waals surface area (Å²) in [7, 11) is 1.84. The number of halogens is 1. The van der Waals surface area contributed by atoms with Gasteiger partial charge < -0.3 is 20.4 Å². The number of fused-ring (bicyclic) bond motifs is 1. The zero-order valence-electron chi connectivity index (χ0n) is 22.3. The molecule has 3 aromatic rings. The Bertz CT molecular complexity index is 1300. The molecule has 202 valence electrons. The number of carbonyl (C=O) groups is 1. The minimum absolute atomic E-state index is 0.0524. The second-order valence-electron chi connectivity index (χ2n) is 10.9. The van der Waals surface area contributed by atoms with E-state index in [0.717, 1.165) is 62.1 Å². The lowest BCUT2D eigenvalue weighted by Gasteiger charge is -2.40. The van der Waals surface area contributed by atoms with E-state index in [-0.39, 0.29) is 11.7 Å². The maximum Gasteiger partial charge on any atom is 0.219 e. The third kappa shape index (κ3) is 4.94. The van der Waals surface area contributed by atoms with E-state index in [1.165, 1.54) is 24.6 Å². The highest BCUT2D eigenvalue weighted by molar-refractivity contribution is 5.74. The molecule has 0 unspecified atom stereocenters. The van der Waals surface area contributed by atoms with Crippen LogP contribution >= 0.6 is 0 Å². The summed E-state index contributed by atoms with van der Waals surface area (Å²) in [6, 6.07) is 6.18. The summed E-state index contributed by atoms with van der Waals surface area (Å²) >= 11 is 0. The largest absolute Gasteiger partial charge is 0.338 e. The number of likely N-dealkylation sites (tertiary alicyclic amines) is 1. The van der Waals surface area contributed by atoms with Crippen LogP contribution in [-0.4, -0.2) is 74.0 Å². The molecule has 2 fully saturated rings. The minimum Gasteiger partial charge on any atom is -0.338 e. The summed E-state index contributed by atoms with van der Waals surface area (Å²) < 4.78 is 19.1. The van der Waals surface area contributed by atoms with Crippen molar-refractivity contribution < 1.29 is 9.18 Å². The number of anilines is 2. The molecule has 10 heteroatoms. The van der Waals surface area contributed by atoms with E-state index in [1.54, 1.807) is 23.9 Å². The highest BCUT2D eigenvalue weighted by Crippen LogP contribution is 2.35. The highest BCUT2D eigenvalue weighted by Gasteiger charge is 2.32. The van der Waals surface area contributed by atoms with Gasteiger partial charge in [-0.2, -0.15) is 10.2 Å². The SMILES string of the molecule is CC(=O)N1CCc2c(c(Nc3ccc(-c4cnn(C)c4)cc3F)nn2C2CCN(C3CCNCC3)CC2)C1. The summed E-state index contributed by atoms with van der Waals surface area (Å²) in [6.45, 7) is 7.17. The minimum atomic E-state index is -0.343. The zero-order chi connectivity index (χ0) is 26.2. The molecule has 9 nitrogen and oxygen atoms in total. The smallest absolute Gasteiger partial charge is 0.219 e. The van der Waals surface area contributed by atoms with E-state index >= 15 is 4.39 Å². The lowest BCUT2D eigenvalue weighted by atomic mass is 9.98. The number of rotatable bonds is 5. The molecule has 2 aromatic heterocycles. The molecule has 0 aliphatic carbocycles. The monoisotopic (exact) mass is 520 g/mol. The van der Waals surface area contributed by atoms with E-state index in [4.69, 9.17) is 5.10 Å². The number of hydrogen-bond acceptors (Lipinski definition) is 6. The van der Waals surface area contributed by atoms with E-state index in [2.05, 4.69) is 25.3 Å². The molecular weight excluding hydrogens is 483 g/mol. The summed E-state index contributed by atoms with van der Waals surface area (Å²) in [5, 5.41) is 16.0. The van der Waals surface area contributed by atoms with Crippen LogP contribution in [0.15, 0.2) is 30.6 Å². The van der Waals surface area contributed by atoms with Gasteiger partial charge in [-0.15, -0.1) is 0 Å². The molecular formula is C28H37FN8O. The summed E-state index contributed by atoms with van der Waals surface area (Å²) in [5.74, 6) is 0.362. The van der Waals surface area contributed by atoms with Crippen LogP contribution in [0.3, 0.4) is 0 Å². The molecule has 2 N–H and O–H groups in total. The standard InChI is InChI=1S/C28H37FN8O/c1-19(38)36-14-9-27-24(18-36)28(32-26-4-3-20(15-25(26)29)21-16-31-34(2)17-21)33-37(27)23-7-12-35(13-8-23)22-5-10-30-11-6-22/h3-4,15-17,22-23,30H,5-14,18H2,1-2H3,(H,32,33). The van der Waals surface area contributed by atoms with Gasteiger partial charge >= 0.3 is 0 Å². The van der Waals surface area contributed by atoms with Crippen LogP contribution in [0.25, 0.3) is 11.1 Å². The number of piperidine rings is 2. The summed E-state index contributed by atoms with van der Waals surface area (Å²) in [5.41, 5.74) is 4.20. The normalized spacial score (nSPS) is 19.5. The molecule has 0 bridgehead atoms. The van der Waals surface area contributed by atoms with Gasteiger partial charge in [-0.05, 0) is 56.5 Å². The molecule has 3 aliphatic rings. The lowest BCUT2D eigenvalue weighted by molar-refractivity contribution is -0.129. The maximum atomic E-state index is 15.2. The molecule has 1 amide bonds. The van der Waals surface area contributed by atoms with Crippen molar-refractivity contribution in [1.82, 2.24) is 34.7 Å². The lowest BCUT2D eigenvalue weighted by Crippen LogP contribution is -2.47. The van der Waals surface area contributed by atoms with Crippen molar-refractivity contribution >= 4 is 17.4 Å². The van der Waals surface area contributed by atoms with E-state index < -0.39 is 0 Å². The van der Waals surface area contributed by atoms with Crippen LogP contribution < -0.4 is 10.6 Å². The molecule has 3 aliphatic heterocycles. The molecule has 0 spiro atoms. The van der Waals surface area contributed by atoms with Crippen molar-refractivity contribution in [2.75, 3.05) is 38.0 Å². The van der Waals surface area contributed by atoms with Crippen LogP contribution in [0, 0.1) is 5.82 Å². The van der Waals surface area contributed by atoms with Crippen LogP contribution in [0.1, 0.15) is 49.9 Å². The van der Waals surface area contributed by atoms with Gasteiger partial charge in [0.05, 0.1) is 24.5 Å². The van der Waals surface area contributed by atoms with Crippen LogP contribution in [0.5, 0.6) is 0 Å². The molecule has 1 aromatic carbocycles. The van der Waals surface area contributed by atoms with Crippen molar-refractivity contribution in [3.63, 3.8) is 0 Å². The number of amides is 1. The molecule has 2 saturated heterocycles. The first-order chi connectivity index (χ1) is 18.5. The Morgan fingerprint density at radius 2 is 1.87 bits per heavy atom. The Hall–Kier alpha value is -3.24. The predicted octanol–water partition coefficient (Wildman–Crippen LogP) is 3.46. The highest BCUT2D eigenvalue weighted by atomic mass is 19.1. The second-order valence-corrected chi connectivity index (χ2v) is 10.9. The predicted molar refractivity (Wildman–Crippen MR) is 145 cm³/mol. The van der Waals surface area contributed by atoms with Gasteiger partial charge in [0.15, 0.2) is 5.82 Å². The summed E-state index contributed by atoms with van der Waals surface area (Å²) in [4.78, 5) is 16.7. The Kier molecular flexibility index (Phi) is 6.92. The number of nitrogens with one attached hydrogen (secondary N) is 2. The van der Waals surface area contributed by atoms with Gasteiger partial charge in [-0.1, -0.05) is 6.07 Å². The third-order valence-electron chi connectivity index (χ3n) is 8.46. The fraction of sp³-hybridized carbons (Fsp3) is 0.536. The Labute approximate surface area is 223 Å². The van der Waals surface area contributed by atoms with Crippen molar-refractivity contribution in [2.24, 2.45) is 7.05 Å². The molecule has 0 saturated carbocycles. The molecule has 6 rings (SSSR count). The fourth-order valence-corrected chi connectivity index (χ4v) is 6.28. The number of hydrogen-bond donors (Lipinski definition) is 2.